The summed E-state index contributed by atoms with van der Waals surface area (Å²) in [5, 5.41) is 19.2. The van der Waals surface area contributed by atoms with E-state index in [1.807, 2.05) is 6.92 Å². The molecule has 4 N–H and O–H groups in total. The number of aromatic nitrogens is 4. The van der Waals surface area contributed by atoms with Gasteiger partial charge < -0.3 is 25.4 Å². The molecule has 1 aliphatic heterocycles. The molecule has 3 rings (SSSR count). The van der Waals surface area contributed by atoms with Crippen LogP contribution in [0.15, 0.2) is 6.33 Å². The Labute approximate surface area is 121 Å². The van der Waals surface area contributed by atoms with E-state index in [2.05, 4.69) is 15.0 Å². The second kappa shape index (κ2) is 5.43. The Morgan fingerprint density at radius 1 is 1.62 bits per heavy atom. The first-order chi connectivity index (χ1) is 10.5. The van der Waals surface area contributed by atoms with Crippen LogP contribution in [0.2, 0.25) is 0 Å². The van der Waals surface area contributed by atoms with Crippen molar-refractivity contribution >= 4 is 17.1 Å². The van der Waals surface area contributed by atoms with Gasteiger partial charge in [-0.3, -0.25) is 4.57 Å². The summed E-state index contributed by atoms with van der Waals surface area (Å²) < 4.78 is 19.8. The topological polar surface area (TPSA) is 129 Å². The van der Waals surface area contributed by atoms with Gasteiger partial charge in [-0.25, -0.2) is 4.98 Å². The summed E-state index contributed by atoms with van der Waals surface area (Å²) >= 11 is 0. The van der Waals surface area contributed by atoms with Crippen molar-refractivity contribution in [2.75, 3.05) is 18.9 Å². The van der Waals surface area contributed by atoms with Crippen molar-refractivity contribution in [3.63, 3.8) is 0 Å². The average Bonchev–Trinajstić information content (AvgIpc) is 3.02. The third-order valence-electron chi connectivity index (χ3n) is 3.28. The summed E-state index contributed by atoms with van der Waals surface area (Å²) in [7, 11) is 0. The number of anilines is 1. The van der Waals surface area contributed by atoms with Gasteiger partial charge in [0.25, 0.3) is 0 Å². The summed E-state index contributed by atoms with van der Waals surface area (Å²) in [5.74, 6) is 0.313. The molecule has 2 aromatic heterocycles. The molecule has 0 amide bonds. The molecule has 0 aliphatic carbocycles. The van der Waals surface area contributed by atoms with Crippen LogP contribution < -0.4 is 10.5 Å². The molecule has 0 aromatic carbocycles. The SMILES string of the molecule is [3H]C(O)[C@H]1O[C@@H](n2cnc3c(OCC)nc(N)nc32)C[C@@H]1O. The minimum atomic E-state index is -1.52. The van der Waals surface area contributed by atoms with Crippen molar-refractivity contribution < 1.29 is 21.1 Å². The summed E-state index contributed by atoms with van der Waals surface area (Å²) in [6, 6.07) is 0. The van der Waals surface area contributed by atoms with E-state index in [0.29, 0.717) is 17.8 Å². The number of ether oxygens (including phenoxy) is 2. The van der Waals surface area contributed by atoms with Gasteiger partial charge in [-0.1, -0.05) is 0 Å². The monoisotopic (exact) mass is 297 g/mol. The third-order valence-corrected chi connectivity index (χ3v) is 3.28. The number of nitrogens with zero attached hydrogens (tertiary/aromatic N) is 4. The van der Waals surface area contributed by atoms with Gasteiger partial charge in [0.1, 0.15) is 12.3 Å². The van der Waals surface area contributed by atoms with E-state index in [9.17, 15) is 10.2 Å². The number of fused-ring (bicyclic) bond motifs is 1. The molecule has 0 radical (unpaired) electrons. The minimum Gasteiger partial charge on any atom is -0.476 e. The molecule has 9 heteroatoms. The maximum atomic E-state index is 9.87. The van der Waals surface area contributed by atoms with Crippen molar-refractivity contribution in [2.24, 2.45) is 0 Å². The second-order valence-electron chi connectivity index (χ2n) is 4.65. The minimum absolute atomic E-state index is 0.0355. The van der Waals surface area contributed by atoms with E-state index in [1.54, 1.807) is 4.57 Å². The molecule has 1 fully saturated rings. The Morgan fingerprint density at radius 3 is 3.10 bits per heavy atom. The number of imidazole rings is 1. The molecule has 3 heterocycles. The standard InChI is InChI=1S/C12H17N5O4/c1-2-20-11-9-10(15-12(13)16-11)17(5-14-9)8-3-6(19)7(4-18)21-8/h5-8,18-19H,2-4H2,1H3,(H2,13,15,16)/t6-,7+,8+/m0/s1/i4T/t4?,6-,7+,8+. The van der Waals surface area contributed by atoms with E-state index in [1.165, 1.54) is 6.33 Å². The van der Waals surface area contributed by atoms with Crippen LogP contribution in [0.4, 0.5) is 5.95 Å². The molecular formula is C12H17N5O4. The van der Waals surface area contributed by atoms with Crippen molar-refractivity contribution in [1.82, 2.24) is 19.5 Å². The highest BCUT2D eigenvalue weighted by Crippen LogP contribution is 2.32. The van der Waals surface area contributed by atoms with Gasteiger partial charge in [-0.15, -0.1) is 0 Å². The van der Waals surface area contributed by atoms with Gasteiger partial charge in [-0.2, -0.15) is 9.97 Å². The summed E-state index contributed by atoms with van der Waals surface area (Å²) in [5.41, 5.74) is 6.53. The highest BCUT2D eigenvalue weighted by Gasteiger charge is 2.35. The largest absolute Gasteiger partial charge is 0.476 e. The first-order valence-corrected chi connectivity index (χ1v) is 6.58. The third kappa shape index (κ3) is 2.39. The molecular weight excluding hydrogens is 278 g/mol. The van der Waals surface area contributed by atoms with Crippen molar-refractivity contribution in [2.45, 2.75) is 31.8 Å². The van der Waals surface area contributed by atoms with Gasteiger partial charge in [0.15, 0.2) is 11.2 Å². The average molecular weight is 297 g/mol. The van der Waals surface area contributed by atoms with Crippen LogP contribution in [-0.2, 0) is 4.74 Å². The maximum Gasteiger partial charge on any atom is 0.247 e. The Hall–Kier alpha value is -1.97. The molecule has 0 spiro atoms. The number of rotatable bonds is 4. The van der Waals surface area contributed by atoms with Crippen LogP contribution in [0, 0.1) is 0 Å². The summed E-state index contributed by atoms with van der Waals surface area (Å²) in [6.45, 7) is 0.704. The summed E-state index contributed by atoms with van der Waals surface area (Å²) in [6.07, 6.45) is -0.834. The second-order valence-corrected chi connectivity index (χ2v) is 4.65. The molecule has 1 aliphatic rings. The fourth-order valence-corrected chi connectivity index (χ4v) is 2.34. The predicted octanol–water partition coefficient (Wildman–Crippen LogP) is -0.552. The number of aliphatic hydroxyl groups is 2. The van der Waals surface area contributed by atoms with E-state index in [4.69, 9.17) is 16.6 Å². The van der Waals surface area contributed by atoms with Gasteiger partial charge in [0.2, 0.25) is 11.8 Å². The van der Waals surface area contributed by atoms with Gasteiger partial charge in [0, 0.05) is 6.42 Å². The van der Waals surface area contributed by atoms with E-state index in [-0.39, 0.29) is 18.2 Å². The van der Waals surface area contributed by atoms with Gasteiger partial charge in [0.05, 0.1) is 27.0 Å². The molecule has 2 aromatic rings. The van der Waals surface area contributed by atoms with E-state index < -0.39 is 25.0 Å². The highest BCUT2D eigenvalue weighted by molar-refractivity contribution is 5.77. The van der Waals surface area contributed by atoms with Crippen molar-refractivity contribution in [3.8, 4) is 5.88 Å². The first-order valence-electron chi connectivity index (χ1n) is 7.15. The van der Waals surface area contributed by atoms with Gasteiger partial charge in [-0.05, 0) is 6.92 Å². The lowest BCUT2D eigenvalue weighted by Crippen LogP contribution is -2.24. The molecule has 1 saturated heterocycles. The van der Waals surface area contributed by atoms with Crippen molar-refractivity contribution in [3.05, 3.63) is 6.33 Å². The molecule has 9 nitrogen and oxygen atoms in total. The smallest absolute Gasteiger partial charge is 0.247 e. The number of hydrogen-bond donors (Lipinski definition) is 3. The Kier molecular flexibility index (Phi) is 3.30. The lowest BCUT2D eigenvalue weighted by atomic mass is 10.2. The lowest BCUT2D eigenvalue weighted by Gasteiger charge is -2.13. The highest BCUT2D eigenvalue weighted by atomic mass is 16.5. The fourth-order valence-electron chi connectivity index (χ4n) is 2.34. The van der Waals surface area contributed by atoms with Gasteiger partial charge >= 0.3 is 0 Å². The quantitative estimate of drug-likeness (QED) is 0.685. The first kappa shape index (κ1) is 12.7. The number of nitrogen functional groups attached to an aromatic ring is 1. The van der Waals surface area contributed by atoms with Crippen LogP contribution in [0.5, 0.6) is 5.88 Å². The molecule has 0 bridgehead atoms. The molecule has 21 heavy (non-hydrogen) atoms. The van der Waals surface area contributed by atoms with Crippen LogP contribution in [-0.4, -0.2) is 55.1 Å². The zero-order valence-electron chi connectivity index (χ0n) is 12.4. The lowest BCUT2D eigenvalue weighted by molar-refractivity contribution is -0.0432. The molecule has 114 valence electrons. The molecule has 0 saturated carbocycles. The van der Waals surface area contributed by atoms with Crippen LogP contribution in [0.25, 0.3) is 11.2 Å². The normalized spacial score (nSPS) is 27.8. The van der Waals surface area contributed by atoms with E-state index >= 15 is 0 Å². The molecule has 4 atom stereocenters. The number of hydrogen-bond acceptors (Lipinski definition) is 8. The Bertz CT molecular complexity index is 679. The van der Waals surface area contributed by atoms with Crippen LogP contribution in [0.3, 0.4) is 0 Å². The van der Waals surface area contributed by atoms with Crippen LogP contribution >= 0.6 is 0 Å². The zero-order valence-corrected chi connectivity index (χ0v) is 11.4. The van der Waals surface area contributed by atoms with Crippen LogP contribution in [0.1, 0.15) is 20.9 Å². The summed E-state index contributed by atoms with van der Waals surface area (Å²) in [4.78, 5) is 12.3. The Balaban J connectivity index is 1.99. The number of nitrogens with two attached hydrogens (primary N) is 1. The number of aliphatic hydroxyl groups excluding tert-OH is 2. The Morgan fingerprint density at radius 2 is 2.43 bits per heavy atom. The van der Waals surface area contributed by atoms with Crippen molar-refractivity contribution in [1.29, 1.82) is 0 Å². The fraction of sp³-hybridized carbons (Fsp3) is 0.583. The maximum absolute atomic E-state index is 9.87. The molecule has 1 unspecified atom stereocenters. The zero-order chi connectivity index (χ0) is 15.9. The predicted molar refractivity (Wildman–Crippen MR) is 72.5 cm³/mol. The van der Waals surface area contributed by atoms with E-state index in [0.717, 1.165) is 0 Å².